The first kappa shape index (κ1) is 14.8. The van der Waals surface area contributed by atoms with Crippen LogP contribution in [-0.2, 0) is 17.8 Å². The van der Waals surface area contributed by atoms with Gasteiger partial charge in [-0.05, 0) is 12.5 Å². The van der Waals surface area contributed by atoms with E-state index in [1.807, 2.05) is 6.07 Å². The van der Waals surface area contributed by atoms with Crippen molar-refractivity contribution >= 4 is 34.1 Å². The molecule has 4 rings (SSSR count). The number of aliphatic hydroxyl groups excluding tert-OH is 1. The minimum absolute atomic E-state index is 0.152. The molecular weight excluding hydrogens is 321 g/mol. The van der Waals surface area contributed by atoms with Crippen LogP contribution in [-0.4, -0.2) is 47.1 Å². The summed E-state index contributed by atoms with van der Waals surface area (Å²) >= 11 is 6.21. The highest BCUT2D eigenvalue weighted by atomic mass is 35.5. The van der Waals surface area contributed by atoms with Gasteiger partial charge in [-0.2, -0.15) is 0 Å². The van der Waals surface area contributed by atoms with E-state index in [-0.39, 0.29) is 10.9 Å². The van der Waals surface area contributed by atoms with E-state index in [9.17, 15) is 9.18 Å². The highest BCUT2D eigenvalue weighted by Gasteiger charge is 2.28. The number of hydrogen-bond acceptors (Lipinski definition) is 3. The second-order valence-corrected chi connectivity index (χ2v) is 6.47. The summed E-state index contributed by atoms with van der Waals surface area (Å²) in [6, 6.07) is 1.92. The van der Waals surface area contributed by atoms with Crippen LogP contribution in [0, 0.1) is 5.82 Å². The largest absolute Gasteiger partial charge is 0.387 e. The Morgan fingerprint density at radius 1 is 1.39 bits per heavy atom. The number of carbonyl (C=O) groups excluding carboxylic acids is 1. The molecule has 7 heteroatoms. The third-order valence-corrected chi connectivity index (χ3v) is 5.18. The Kier molecular flexibility index (Phi) is 3.46. The topological polar surface area (TPSA) is 59.6 Å². The molecule has 2 aliphatic heterocycles. The van der Waals surface area contributed by atoms with Crippen molar-refractivity contribution in [3.63, 3.8) is 0 Å². The number of amides is 1. The first-order valence-electron chi connectivity index (χ1n) is 7.75. The van der Waals surface area contributed by atoms with Gasteiger partial charge in [0.2, 0.25) is 5.91 Å². The lowest BCUT2D eigenvalue weighted by molar-refractivity contribution is -0.135. The Morgan fingerprint density at radius 3 is 2.83 bits per heavy atom. The van der Waals surface area contributed by atoms with Crippen molar-refractivity contribution < 1.29 is 14.3 Å². The summed E-state index contributed by atoms with van der Waals surface area (Å²) in [5.74, 6) is -0.733. The zero-order chi connectivity index (χ0) is 16.1. The average molecular weight is 338 g/mol. The summed E-state index contributed by atoms with van der Waals surface area (Å²) in [6.07, 6.45) is 1.70. The lowest BCUT2D eigenvalue weighted by atomic mass is 10.0. The second-order valence-electron chi connectivity index (χ2n) is 6.09. The van der Waals surface area contributed by atoms with Crippen molar-refractivity contribution in [3.8, 4) is 0 Å². The standard InChI is InChI=1S/C16H17ClFN3O2/c17-14-12(20-3-1-4-20)6-9-10-7-21(13(23)8-22)5-2-11(10)19-16(9)15(14)18/h6,19,22H,1-5,7-8H2. The van der Waals surface area contributed by atoms with Gasteiger partial charge in [-0.3, -0.25) is 4.79 Å². The third kappa shape index (κ3) is 2.20. The van der Waals surface area contributed by atoms with Gasteiger partial charge in [-0.25, -0.2) is 4.39 Å². The minimum Gasteiger partial charge on any atom is -0.387 e. The maximum Gasteiger partial charge on any atom is 0.248 e. The van der Waals surface area contributed by atoms with Crippen LogP contribution >= 0.6 is 11.6 Å². The molecule has 122 valence electrons. The Hall–Kier alpha value is -1.79. The van der Waals surface area contributed by atoms with Crippen LogP contribution in [0.1, 0.15) is 17.7 Å². The molecule has 3 heterocycles. The van der Waals surface area contributed by atoms with E-state index in [0.717, 1.165) is 41.8 Å². The molecule has 0 atom stereocenters. The normalized spacial score (nSPS) is 17.3. The van der Waals surface area contributed by atoms with Crippen LogP contribution < -0.4 is 4.90 Å². The molecule has 0 saturated carbocycles. The highest BCUT2D eigenvalue weighted by Crippen LogP contribution is 2.39. The zero-order valence-corrected chi connectivity index (χ0v) is 13.3. The number of nitrogens with one attached hydrogen (secondary N) is 1. The van der Waals surface area contributed by atoms with E-state index in [0.29, 0.717) is 25.0 Å². The van der Waals surface area contributed by atoms with Crippen LogP contribution in [0.25, 0.3) is 10.9 Å². The number of nitrogens with zero attached hydrogens (tertiary/aromatic N) is 2. The highest BCUT2D eigenvalue weighted by molar-refractivity contribution is 6.34. The minimum atomic E-state index is -0.503. The number of fused-ring (bicyclic) bond motifs is 3. The predicted octanol–water partition coefficient (Wildman–Crippen LogP) is 2.05. The molecule has 1 amide bonds. The van der Waals surface area contributed by atoms with E-state index in [1.54, 1.807) is 4.90 Å². The maximum atomic E-state index is 14.7. The molecule has 0 radical (unpaired) electrons. The molecule has 0 bridgehead atoms. The fourth-order valence-electron chi connectivity index (χ4n) is 3.37. The SMILES string of the molecule is O=C(CO)N1CCc2[nH]c3c(F)c(Cl)c(N4CCC4)cc3c2C1. The Balaban J connectivity index is 1.83. The Bertz CT molecular complexity index is 800. The fourth-order valence-corrected chi connectivity index (χ4v) is 3.64. The molecule has 2 aliphatic rings. The summed E-state index contributed by atoms with van der Waals surface area (Å²) in [6.45, 7) is 2.17. The Labute approximate surface area is 137 Å². The lowest BCUT2D eigenvalue weighted by Crippen LogP contribution is -2.37. The van der Waals surface area contributed by atoms with Crippen LogP contribution in [0.15, 0.2) is 6.07 Å². The van der Waals surface area contributed by atoms with Crippen molar-refractivity contribution in [1.82, 2.24) is 9.88 Å². The van der Waals surface area contributed by atoms with Crippen molar-refractivity contribution in [3.05, 3.63) is 28.2 Å². The lowest BCUT2D eigenvalue weighted by Gasteiger charge is -2.34. The summed E-state index contributed by atoms with van der Waals surface area (Å²) in [7, 11) is 0. The van der Waals surface area contributed by atoms with Crippen molar-refractivity contribution in [2.45, 2.75) is 19.4 Å². The molecule has 1 aromatic carbocycles. The molecule has 1 saturated heterocycles. The van der Waals surface area contributed by atoms with Crippen LogP contribution in [0.5, 0.6) is 0 Å². The molecule has 1 fully saturated rings. The number of aliphatic hydroxyl groups is 1. The molecule has 5 nitrogen and oxygen atoms in total. The van der Waals surface area contributed by atoms with Gasteiger partial charge in [0.05, 0.1) is 11.2 Å². The molecule has 2 aromatic rings. The summed E-state index contributed by atoms with van der Waals surface area (Å²) in [5, 5.41) is 9.98. The average Bonchev–Trinajstić information content (AvgIpc) is 2.88. The predicted molar refractivity (Wildman–Crippen MR) is 86.3 cm³/mol. The number of H-pyrrole nitrogens is 1. The molecule has 0 unspecified atom stereocenters. The van der Waals surface area contributed by atoms with Gasteiger partial charge in [0, 0.05) is 49.2 Å². The maximum absolute atomic E-state index is 14.7. The quantitative estimate of drug-likeness (QED) is 0.881. The number of aromatic nitrogens is 1. The number of benzene rings is 1. The second kappa shape index (κ2) is 5.39. The monoisotopic (exact) mass is 337 g/mol. The van der Waals surface area contributed by atoms with Gasteiger partial charge >= 0.3 is 0 Å². The van der Waals surface area contributed by atoms with Gasteiger partial charge in [0.1, 0.15) is 11.6 Å². The molecular formula is C16H17ClFN3O2. The van der Waals surface area contributed by atoms with Crippen LogP contribution in [0.2, 0.25) is 5.02 Å². The van der Waals surface area contributed by atoms with Crippen LogP contribution in [0.3, 0.4) is 0 Å². The van der Waals surface area contributed by atoms with E-state index >= 15 is 0 Å². The Morgan fingerprint density at radius 2 is 2.17 bits per heavy atom. The number of hydrogen-bond donors (Lipinski definition) is 2. The molecule has 2 N–H and O–H groups in total. The number of aromatic amines is 1. The number of anilines is 1. The summed E-state index contributed by atoms with van der Waals surface area (Å²) in [4.78, 5) is 18.5. The smallest absolute Gasteiger partial charge is 0.248 e. The van der Waals surface area contributed by atoms with E-state index in [1.165, 1.54) is 0 Å². The molecule has 1 aromatic heterocycles. The summed E-state index contributed by atoms with van der Waals surface area (Å²) < 4.78 is 14.7. The van der Waals surface area contributed by atoms with E-state index < -0.39 is 12.4 Å². The molecule has 0 spiro atoms. The third-order valence-electron chi connectivity index (χ3n) is 4.82. The first-order chi connectivity index (χ1) is 11.1. The number of rotatable bonds is 2. The van der Waals surface area contributed by atoms with Crippen molar-refractivity contribution in [2.75, 3.05) is 31.1 Å². The van der Waals surface area contributed by atoms with Gasteiger partial charge < -0.3 is 19.9 Å². The van der Waals surface area contributed by atoms with Crippen LogP contribution in [0.4, 0.5) is 10.1 Å². The van der Waals surface area contributed by atoms with Crippen molar-refractivity contribution in [2.24, 2.45) is 0 Å². The van der Waals surface area contributed by atoms with Gasteiger partial charge in [-0.15, -0.1) is 0 Å². The number of carbonyl (C=O) groups is 1. The fraction of sp³-hybridized carbons (Fsp3) is 0.438. The van der Waals surface area contributed by atoms with E-state index in [2.05, 4.69) is 9.88 Å². The van der Waals surface area contributed by atoms with Gasteiger partial charge in [0.25, 0.3) is 0 Å². The van der Waals surface area contributed by atoms with Gasteiger partial charge in [0.15, 0.2) is 5.82 Å². The van der Waals surface area contributed by atoms with Crippen molar-refractivity contribution in [1.29, 1.82) is 0 Å². The van der Waals surface area contributed by atoms with E-state index in [4.69, 9.17) is 16.7 Å². The van der Waals surface area contributed by atoms with Gasteiger partial charge in [-0.1, -0.05) is 11.6 Å². The summed E-state index contributed by atoms with van der Waals surface area (Å²) in [5.41, 5.74) is 2.99. The molecule has 0 aliphatic carbocycles. The molecule has 23 heavy (non-hydrogen) atoms. The first-order valence-corrected chi connectivity index (χ1v) is 8.13. The zero-order valence-electron chi connectivity index (χ0n) is 12.5. The number of halogens is 2.